The Morgan fingerprint density at radius 3 is 2.37 bits per heavy atom. The first-order valence-corrected chi connectivity index (χ1v) is 8.24. The minimum atomic E-state index is 0.383. The van der Waals surface area contributed by atoms with E-state index in [1.807, 2.05) is 24.6 Å². The molecule has 110 valence electrons. The largest absolute Gasteiger partial charge is 0.345 e. The summed E-state index contributed by atoms with van der Waals surface area (Å²) in [5, 5.41) is 4.46. The number of aromatic nitrogens is 1. The van der Waals surface area contributed by atoms with E-state index in [2.05, 4.69) is 49.8 Å². The summed E-state index contributed by atoms with van der Waals surface area (Å²) in [6.07, 6.45) is 4.39. The van der Waals surface area contributed by atoms with Gasteiger partial charge in [-0.15, -0.1) is 11.3 Å². The molecular formula is C15H29N3S. The zero-order chi connectivity index (χ0) is 14.4. The first-order valence-electron chi connectivity index (χ1n) is 7.43. The summed E-state index contributed by atoms with van der Waals surface area (Å²) in [4.78, 5) is 8.48. The molecule has 1 rings (SSSR count). The Kier molecular flexibility index (Phi) is 6.80. The first-order chi connectivity index (χ1) is 9.03. The van der Waals surface area contributed by atoms with E-state index >= 15 is 0 Å². The molecule has 4 heteroatoms. The predicted molar refractivity (Wildman–Crippen MR) is 86.1 cm³/mol. The molecule has 0 saturated carbocycles. The van der Waals surface area contributed by atoms with Gasteiger partial charge in [-0.2, -0.15) is 0 Å². The molecule has 1 N–H and O–H groups in total. The van der Waals surface area contributed by atoms with E-state index in [-0.39, 0.29) is 0 Å². The molecule has 0 fully saturated rings. The van der Waals surface area contributed by atoms with E-state index in [9.17, 15) is 0 Å². The van der Waals surface area contributed by atoms with Crippen LogP contribution in [-0.2, 0) is 0 Å². The smallest absolute Gasteiger partial charge is 0.185 e. The van der Waals surface area contributed by atoms with Gasteiger partial charge < -0.3 is 10.2 Å². The number of nitrogens with one attached hydrogen (secondary N) is 1. The molecule has 1 atom stereocenters. The fourth-order valence-corrected chi connectivity index (χ4v) is 3.32. The first kappa shape index (κ1) is 16.4. The summed E-state index contributed by atoms with van der Waals surface area (Å²) in [6.45, 7) is 12.4. The minimum absolute atomic E-state index is 0.383. The summed E-state index contributed by atoms with van der Waals surface area (Å²) < 4.78 is 0. The van der Waals surface area contributed by atoms with Crippen molar-refractivity contribution in [3.63, 3.8) is 0 Å². The van der Waals surface area contributed by atoms with Crippen LogP contribution in [0.1, 0.15) is 58.4 Å². The number of hydrogen-bond acceptors (Lipinski definition) is 4. The van der Waals surface area contributed by atoms with Crippen LogP contribution in [0, 0.1) is 5.92 Å². The Hall–Kier alpha value is -0.610. The molecule has 0 aliphatic rings. The van der Waals surface area contributed by atoms with Crippen molar-refractivity contribution in [3.8, 4) is 0 Å². The maximum absolute atomic E-state index is 4.66. The third-order valence-corrected chi connectivity index (χ3v) is 4.78. The van der Waals surface area contributed by atoms with Crippen molar-refractivity contribution in [2.24, 2.45) is 5.92 Å². The number of nitrogens with zero attached hydrogens (tertiary/aromatic N) is 2. The van der Waals surface area contributed by atoms with Crippen LogP contribution in [0.25, 0.3) is 0 Å². The highest BCUT2D eigenvalue weighted by atomic mass is 32.1. The van der Waals surface area contributed by atoms with Crippen molar-refractivity contribution in [2.75, 3.05) is 18.5 Å². The van der Waals surface area contributed by atoms with Crippen LogP contribution >= 0.6 is 11.3 Å². The van der Waals surface area contributed by atoms with Crippen LogP contribution in [-0.4, -0.2) is 24.6 Å². The van der Waals surface area contributed by atoms with Gasteiger partial charge in [-0.05, 0) is 32.7 Å². The molecule has 3 nitrogen and oxygen atoms in total. The highest BCUT2D eigenvalue weighted by Gasteiger charge is 2.20. The summed E-state index contributed by atoms with van der Waals surface area (Å²) in [5.41, 5.74) is 0. The van der Waals surface area contributed by atoms with Crippen molar-refractivity contribution in [1.29, 1.82) is 0 Å². The predicted octanol–water partition coefficient (Wildman–Crippen LogP) is 4.07. The Bertz CT molecular complexity index is 358. The summed E-state index contributed by atoms with van der Waals surface area (Å²) >= 11 is 1.83. The second-order valence-electron chi connectivity index (χ2n) is 5.57. The molecule has 1 heterocycles. The van der Waals surface area contributed by atoms with Gasteiger partial charge in [-0.25, -0.2) is 4.98 Å². The molecule has 1 aromatic rings. The van der Waals surface area contributed by atoms with Gasteiger partial charge in [0.25, 0.3) is 0 Å². The number of hydrogen-bond donors (Lipinski definition) is 1. The maximum Gasteiger partial charge on any atom is 0.185 e. The van der Waals surface area contributed by atoms with E-state index in [0.29, 0.717) is 18.0 Å². The summed E-state index contributed by atoms with van der Waals surface area (Å²) in [6, 6.07) is 0.986. The molecule has 0 aliphatic carbocycles. The molecule has 0 bridgehead atoms. The minimum Gasteiger partial charge on any atom is -0.345 e. The number of anilines is 1. The van der Waals surface area contributed by atoms with Gasteiger partial charge in [-0.1, -0.05) is 27.7 Å². The third kappa shape index (κ3) is 4.46. The van der Waals surface area contributed by atoms with Crippen molar-refractivity contribution in [3.05, 3.63) is 11.1 Å². The Morgan fingerprint density at radius 1 is 1.26 bits per heavy atom. The standard InChI is InChI=1S/C15H29N3S/c1-7-13(8-2)18(10-11(3)4)15-17-9-14(19-15)12(5)16-6/h9,11-13,16H,7-8,10H2,1-6H3. The quantitative estimate of drug-likeness (QED) is 0.779. The average Bonchev–Trinajstić information content (AvgIpc) is 2.87. The van der Waals surface area contributed by atoms with Crippen LogP contribution in [0.2, 0.25) is 0 Å². The van der Waals surface area contributed by atoms with Crippen molar-refractivity contribution in [1.82, 2.24) is 10.3 Å². The van der Waals surface area contributed by atoms with Gasteiger partial charge >= 0.3 is 0 Å². The fourth-order valence-electron chi connectivity index (χ4n) is 2.26. The molecule has 0 spiro atoms. The average molecular weight is 283 g/mol. The highest BCUT2D eigenvalue weighted by Crippen LogP contribution is 2.30. The second kappa shape index (κ2) is 7.85. The van der Waals surface area contributed by atoms with E-state index in [4.69, 9.17) is 0 Å². The Labute approximate surface area is 122 Å². The Balaban J connectivity index is 2.93. The molecule has 1 unspecified atom stereocenters. The normalized spacial score (nSPS) is 13.3. The summed E-state index contributed by atoms with van der Waals surface area (Å²) in [5.74, 6) is 0.662. The van der Waals surface area contributed by atoms with E-state index < -0.39 is 0 Å². The molecule has 1 aromatic heterocycles. The monoisotopic (exact) mass is 283 g/mol. The van der Waals surface area contributed by atoms with Crippen molar-refractivity contribution in [2.45, 2.75) is 59.5 Å². The van der Waals surface area contributed by atoms with E-state index in [0.717, 1.165) is 6.54 Å². The molecule has 19 heavy (non-hydrogen) atoms. The molecule has 0 aliphatic heterocycles. The zero-order valence-corrected chi connectivity index (χ0v) is 14.0. The van der Waals surface area contributed by atoms with Crippen molar-refractivity contribution >= 4 is 16.5 Å². The van der Waals surface area contributed by atoms with Gasteiger partial charge in [0.2, 0.25) is 0 Å². The van der Waals surface area contributed by atoms with Crippen LogP contribution in [0.3, 0.4) is 0 Å². The number of rotatable bonds is 8. The maximum atomic E-state index is 4.66. The van der Waals surface area contributed by atoms with Crippen LogP contribution < -0.4 is 10.2 Å². The van der Waals surface area contributed by atoms with E-state index in [1.54, 1.807) is 0 Å². The molecule has 0 saturated heterocycles. The second-order valence-corrected chi connectivity index (χ2v) is 6.61. The lowest BCUT2D eigenvalue weighted by Gasteiger charge is -2.31. The summed E-state index contributed by atoms with van der Waals surface area (Å²) in [7, 11) is 2.00. The SMILES string of the molecule is CCC(CC)N(CC(C)C)c1ncc(C(C)NC)s1. The topological polar surface area (TPSA) is 28.2 Å². The number of thiazole rings is 1. The highest BCUT2D eigenvalue weighted by molar-refractivity contribution is 7.15. The molecule has 0 radical (unpaired) electrons. The van der Waals surface area contributed by atoms with Gasteiger partial charge in [-0.3, -0.25) is 0 Å². The van der Waals surface area contributed by atoms with Crippen LogP contribution in [0.5, 0.6) is 0 Å². The molecule has 0 aromatic carbocycles. The van der Waals surface area contributed by atoms with Gasteiger partial charge in [0.15, 0.2) is 5.13 Å². The van der Waals surface area contributed by atoms with Crippen molar-refractivity contribution < 1.29 is 0 Å². The molecular weight excluding hydrogens is 254 g/mol. The van der Waals surface area contributed by atoms with Gasteiger partial charge in [0.1, 0.15) is 0 Å². The lowest BCUT2D eigenvalue weighted by atomic mass is 10.1. The van der Waals surface area contributed by atoms with Gasteiger partial charge in [0, 0.05) is 29.7 Å². The van der Waals surface area contributed by atoms with Crippen LogP contribution in [0.15, 0.2) is 6.20 Å². The van der Waals surface area contributed by atoms with Gasteiger partial charge in [0.05, 0.1) is 0 Å². The lowest BCUT2D eigenvalue weighted by Crippen LogP contribution is -2.37. The lowest BCUT2D eigenvalue weighted by molar-refractivity contribution is 0.507. The van der Waals surface area contributed by atoms with Crippen LogP contribution in [0.4, 0.5) is 5.13 Å². The fraction of sp³-hybridized carbons (Fsp3) is 0.800. The Morgan fingerprint density at radius 2 is 1.89 bits per heavy atom. The third-order valence-electron chi connectivity index (χ3n) is 3.56. The zero-order valence-electron chi connectivity index (χ0n) is 13.2. The molecule has 0 amide bonds. The van der Waals surface area contributed by atoms with E-state index in [1.165, 1.54) is 22.9 Å².